The molecule has 0 spiro atoms. The average molecular weight is 151 g/mol. The van der Waals surface area contributed by atoms with Gasteiger partial charge in [0.05, 0.1) is 12.7 Å². The van der Waals surface area contributed by atoms with Gasteiger partial charge in [0.2, 0.25) is 7.37 Å². The van der Waals surface area contributed by atoms with E-state index >= 15 is 0 Å². The van der Waals surface area contributed by atoms with E-state index in [-0.39, 0.29) is 18.5 Å². The van der Waals surface area contributed by atoms with Crippen molar-refractivity contribution in [1.29, 1.82) is 0 Å². The zero-order valence-electron chi connectivity index (χ0n) is 5.20. The molecule has 0 aliphatic rings. The van der Waals surface area contributed by atoms with Crippen LogP contribution in [0.3, 0.4) is 0 Å². The van der Waals surface area contributed by atoms with Gasteiger partial charge in [0, 0.05) is 6.66 Å². The number of hydrogen-bond acceptors (Lipinski definition) is 3. The van der Waals surface area contributed by atoms with Gasteiger partial charge in [0.25, 0.3) is 0 Å². The van der Waals surface area contributed by atoms with Crippen LogP contribution in [0.25, 0.3) is 0 Å². The van der Waals surface area contributed by atoms with Gasteiger partial charge in [0.1, 0.15) is 0 Å². The smallest absolute Gasteiger partial charge is 0.204 e. The first-order valence-electron chi connectivity index (χ1n) is 2.47. The maximum atomic E-state index is 10.5. The van der Waals surface area contributed by atoms with E-state index in [4.69, 9.17) is 10.6 Å². The van der Waals surface area contributed by atoms with Crippen molar-refractivity contribution in [3.63, 3.8) is 0 Å². The Bertz CT molecular complexity index is 150. The van der Waals surface area contributed by atoms with Gasteiger partial charge in [-0.25, -0.2) is 0 Å². The highest BCUT2D eigenvalue weighted by Gasteiger charge is 2.13. The van der Waals surface area contributed by atoms with E-state index in [1.807, 2.05) is 0 Å². The molecule has 0 radical (unpaired) electrons. The molecular weight excluding hydrogens is 141 g/mol. The minimum atomic E-state index is -3.17. The first-order chi connectivity index (χ1) is 3.95. The van der Waals surface area contributed by atoms with Crippen LogP contribution < -0.4 is 5.73 Å². The van der Waals surface area contributed by atoms with E-state index in [2.05, 4.69) is 0 Å². The molecule has 0 aliphatic carbocycles. The molecule has 0 bridgehead atoms. The van der Waals surface area contributed by atoms with Gasteiger partial charge in [-0.05, 0) is 0 Å². The van der Waals surface area contributed by atoms with Crippen LogP contribution in [0.5, 0.6) is 0 Å². The molecule has 1 unspecified atom stereocenters. The average Bonchev–Trinajstić information content (AvgIpc) is 1.62. The van der Waals surface area contributed by atoms with E-state index < -0.39 is 7.37 Å². The van der Waals surface area contributed by atoms with Gasteiger partial charge < -0.3 is 10.6 Å². The molecule has 0 aromatic carbocycles. The molecule has 3 N–H and O–H groups in total. The Labute approximate surface area is 53.5 Å². The molecule has 0 saturated carbocycles. The SMILES string of the molecule is CP(=O)(O)CC(=O)CN. The van der Waals surface area contributed by atoms with Crippen molar-refractivity contribution in [3.05, 3.63) is 0 Å². The maximum absolute atomic E-state index is 10.5. The van der Waals surface area contributed by atoms with E-state index in [9.17, 15) is 9.36 Å². The fraction of sp³-hybridized carbons (Fsp3) is 0.750. The highest BCUT2D eigenvalue weighted by atomic mass is 31.2. The van der Waals surface area contributed by atoms with Gasteiger partial charge in [0.15, 0.2) is 5.78 Å². The Morgan fingerprint density at radius 3 is 2.33 bits per heavy atom. The van der Waals surface area contributed by atoms with Gasteiger partial charge in [-0.1, -0.05) is 0 Å². The van der Waals surface area contributed by atoms with Crippen LogP contribution in [0.1, 0.15) is 0 Å². The lowest BCUT2D eigenvalue weighted by Gasteiger charge is -2.00. The van der Waals surface area contributed by atoms with E-state index in [0.29, 0.717) is 0 Å². The lowest BCUT2D eigenvalue weighted by molar-refractivity contribution is -0.115. The summed E-state index contributed by atoms with van der Waals surface area (Å²) in [5, 5.41) is 0. The molecule has 0 aromatic heterocycles. The molecule has 0 fully saturated rings. The zero-order valence-corrected chi connectivity index (χ0v) is 6.10. The molecular formula is C4H10NO3P. The molecule has 5 heteroatoms. The second kappa shape index (κ2) is 3.11. The third kappa shape index (κ3) is 5.69. The second-order valence-corrected chi connectivity index (χ2v) is 4.37. The van der Waals surface area contributed by atoms with Gasteiger partial charge in [-0.15, -0.1) is 0 Å². The Kier molecular flexibility index (Phi) is 3.04. The van der Waals surface area contributed by atoms with Gasteiger partial charge in [-0.3, -0.25) is 9.36 Å². The first kappa shape index (κ1) is 8.82. The van der Waals surface area contributed by atoms with Crippen molar-refractivity contribution in [2.24, 2.45) is 5.73 Å². The monoisotopic (exact) mass is 151 g/mol. The third-order valence-electron chi connectivity index (χ3n) is 0.697. The number of ketones is 1. The third-order valence-corrected chi connectivity index (χ3v) is 1.64. The number of nitrogens with two attached hydrogens (primary N) is 1. The Hall–Kier alpha value is -0.180. The predicted octanol–water partition coefficient (Wildman–Crippen LogP) is -0.586. The fourth-order valence-electron chi connectivity index (χ4n) is 0.392. The van der Waals surface area contributed by atoms with Gasteiger partial charge >= 0.3 is 0 Å². The fourth-order valence-corrected chi connectivity index (χ4v) is 1.18. The minimum absolute atomic E-state index is 0.154. The van der Waals surface area contributed by atoms with Crippen LogP contribution >= 0.6 is 7.37 Å². The topological polar surface area (TPSA) is 80.4 Å². The summed E-state index contributed by atoms with van der Waals surface area (Å²) in [6, 6.07) is 0. The summed E-state index contributed by atoms with van der Waals surface area (Å²) in [5.74, 6) is -0.372. The Balaban J connectivity index is 3.75. The number of carbonyl (C=O) groups is 1. The quantitative estimate of drug-likeness (QED) is 0.528. The van der Waals surface area contributed by atoms with Crippen molar-refractivity contribution in [2.75, 3.05) is 19.4 Å². The van der Waals surface area contributed by atoms with Crippen LogP contribution in [0.4, 0.5) is 0 Å². The maximum Gasteiger partial charge on any atom is 0.204 e. The van der Waals surface area contributed by atoms with Crippen molar-refractivity contribution >= 4 is 13.2 Å². The largest absolute Gasteiger partial charge is 0.344 e. The van der Waals surface area contributed by atoms with E-state index in [0.717, 1.165) is 6.66 Å². The lowest BCUT2D eigenvalue weighted by Crippen LogP contribution is -2.16. The molecule has 9 heavy (non-hydrogen) atoms. The van der Waals surface area contributed by atoms with E-state index in [1.165, 1.54) is 0 Å². The summed E-state index contributed by atoms with van der Waals surface area (Å²) >= 11 is 0. The molecule has 0 heterocycles. The molecule has 4 nitrogen and oxygen atoms in total. The van der Waals surface area contributed by atoms with Crippen LogP contribution in [-0.2, 0) is 9.36 Å². The number of rotatable bonds is 3. The van der Waals surface area contributed by atoms with Crippen LogP contribution in [0, 0.1) is 0 Å². The first-order valence-corrected chi connectivity index (χ1v) is 4.76. The highest BCUT2D eigenvalue weighted by Crippen LogP contribution is 2.34. The predicted molar refractivity (Wildman–Crippen MR) is 34.7 cm³/mol. The van der Waals surface area contributed by atoms with Crippen molar-refractivity contribution in [2.45, 2.75) is 0 Å². The van der Waals surface area contributed by atoms with E-state index in [1.54, 1.807) is 0 Å². The highest BCUT2D eigenvalue weighted by molar-refractivity contribution is 7.58. The number of Topliss-reactive ketones (excluding diaryl/α,β-unsaturated/α-hetero) is 1. The standard InChI is InChI=1S/C4H10NO3P/c1-9(7,8)3-4(6)2-5/h2-3,5H2,1H3,(H,7,8). The number of hydrogen-bond donors (Lipinski definition) is 2. The molecule has 0 aliphatic heterocycles. The van der Waals surface area contributed by atoms with Crippen LogP contribution in [-0.4, -0.2) is 30.0 Å². The Morgan fingerprint density at radius 1 is 1.78 bits per heavy atom. The minimum Gasteiger partial charge on any atom is -0.344 e. The molecule has 0 rings (SSSR count). The summed E-state index contributed by atoms with van der Waals surface area (Å²) in [5.41, 5.74) is 4.90. The van der Waals surface area contributed by atoms with Crippen molar-refractivity contribution in [3.8, 4) is 0 Å². The summed E-state index contributed by atoms with van der Waals surface area (Å²) < 4.78 is 10.5. The molecule has 54 valence electrons. The summed E-state index contributed by atoms with van der Waals surface area (Å²) in [7, 11) is -3.17. The summed E-state index contributed by atoms with van der Waals surface area (Å²) in [6.45, 7) is 0.985. The van der Waals surface area contributed by atoms with Crippen LogP contribution in [0.15, 0.2) is 0 Å². The van der Waals surface area contributed by atoms with Crippen molar-refractivity contribution in [1.82, 2.24) is 0 Å². The molecule has 0 amide bonds. The lowest BCUT2D eigenvalue weighted by atomic mass is 10.5. The normalized spacial score (nSPS) is 16.8. The van der Waals surface area contributed by atoms with Crippen LogP contribution in [0.2, 0.25) is 0 Å². The molecule has 0 saturated heterocycles. The number of carbonyl (C=O) groups excluding carboxylic acids is 1. The molecule has 0 aromatic rings. The summed E-state index contributed by atoms with van der Waals surface area (Å²) in [4.78, 5) is 19.0. The zero-order chi connectivity index (χ0) is 7.49. The molecule has 1 atom stereocenters. The Morgan fingerprint density at radius 2 is 2.22 bits per heavy atom. The van der Waals surface area contributed by atoms with Gasteiger partial charge in [-0.2, -0.15) is 0 Å². The van der Waals surface area contributed by atoms with Crippen molar-refractivity contribution < 1.29 is 14.3 Å². The summed E-state index contributed by atoms with van der Waals surface area (Å²) in [6.07, 6.45) is -0.302. The second-order valence-electron chi connectivity index (χ2n) is 1.95.